The van der Waals surface area contributed by atoms with E-state index in [4.69, 9.17) is 54.5 Å². The van der Waals surface area contributed by atoms with E-state index in [-0.39, 0.29) is 288 Å². The van der Waals surface area contributed by atoms with Crippen LogP contribution < -0.4 is 58.5 Å². The summed E-state index contributed by atoms with van der Waals surface area (Å²) in [5, 5.41) is 58.4. The fraction of sp³-hybridized carbons (Fsp3) is 0.392. The number of amides is 8. The SMILES string of the molecule is Cc1c(C(=O)C(=O)NC/C(=C/NCCOCCOCC(COCCOCCN/C=C(/CNC(=O)C(=O)c2c(C)c(C(=O)Nc3ccc(F)c(F)c3)n(C)c2C)N=N)(COCCOCCN/C=C(/CNC(=O)C(O)c2c(C)c(C(=O)Nc3ccc(F)c(F)c3)n(C)c2C)N=N)COCCOCCn2cc(CNC(=O)C(=O)c3c(C)c(C(=O)Nc4ccc(F)c(F)c4)n(C)c3C)nn2)N=N)c(C)n(C)c1C(=O)Nc1ccc(F)c(F)c1. The molecule has 0 aliphatic carbocycles. The van der Waals surface area contributed by atoms with Crippen molar-refractivity contribution < 1.29 is 131 Å². The summed E-state index contributed by atoms with van der Waals surface area (Å²) in [6, 6.07) is 11.1. The smallest absolute Gasteiger partial charge is 0.292 e. The first kappa shape index (κ1) is 117. The predicted molar refractivity (Wildman–Crippen MR) is 518 cm³/mol. The van der Waals surface area contributed by atoms with Gasteiger partial charge in [0.1, 0.15) is 28.5 Å². The van der Waals surface area contributed by atoms with E-state index in [1.807, 2.05) is 0 Å². The summed E-state index contributed by atoms with van der Waals surface area (Å²) < 4.78 is 166. The number of rotatable bonds is 62. The molecule has 800 valence electrons. The molecule has 0 saturated carbocycles. The number of aliphatic hydroxyl groups is 1. The summed E-state index contributed by atoms with van der Waals surface area (Å²) in [5.74, 6) is -19.3. The minimum atomic E-state index is -1.79. The Bertz CT molecular complexity index is 6340. The number of carbonyl (C=O) groups is 11. The highest BCUT2D eigenvalue weighted by atomic mass is 19.2. The molecule has 52 heteroatoms. The highest BCUT2D eigenvalue weighted by molar-refractivity contribution is 6.45. The molecule has 15 N–H and O–H groups in total. The van der Waals surface area contributed by atoms with Gasteiger partial charge in [-0.1, -0.05) is 5.21 Å². The van der Waals surface area contributed by atoms with Crippen LogP contribution in [0.25, 0.3) is 0 Å². The van der Waals surface area contributed by atoms with Crippen molar-refractivity contribution in [2.45, 2.75) is 74.6 Å². The Morgan fingerprint density at radius 2 is 0.671 bits per heavy atom. The van der Waals surface area contributed by atoms with Crippen LogP contribution in [0, 0.1) is 124 Å². The Labute approximate surface area is 848 Å². The standard InChI is InChI=1S/C97H116F8N24O20/c1-53-77(57(5)125(9)81(53)89(134)116-61-13-17-69(98)73(102)37-61)85(130)93(138)112-44-65(120-106)41-109-21-25-142-29-33-146-49-97(50-147-34-30-143-26-22-110-42-66(121-107)45-113-94(139)86(131)78-54(2)82(126(10)58(78)6)90(135)117-62-14-18-70(99)74(103)38-62,51-148-35-31-144-27-23-111-43-67(122-108)46-114-95(140)87(132)79-55(3)83(127(11)59(79)7)91(136)118-63-15-19-71(100)75(104)39-63)52-149-36-32-145-28-24-129-48-68(123-124-129)47-115-96(141)88(133)80-56(4)84(128(12)60(80)8)92(137)119-64-16-20-72(101)76(105)40-64/h13-20,37-43,48,85,106-111,130H,21-36,44-47,49-52H2,1-12H3,(H,112,138)(H,113,139)(H,114,140)(H,115,141)(H,116,134)(H,117,135)(H,118,136)(H,119,137)/b65-41-,66-42-,67-43-,120-106?,121-107?,122-108?. The van der Waals surface area contributed by atoms with E-state index in [2.05, 4.69) is 84.1 Å². The van der Waals surface area contributed by atoms with Crippen molar-refractivity contribution in [2.75, 3.05) is 166 Å². The molecular weight excluding hydrogens is 1970 g/mol. The number of halogens is 8. The summed E-state index contributed by atoms with van der Waals surface area (Å²) in [7, 11) is 5.99. The zero-order chi connectivity index (χ0) is 109. The van der Waals surface area contributed by atoms with E-state index in [0.29, 0.717) is 5.69 Å². The number of nitrogens with zero attached hydrogens (tertiary/aromatic N) is 10. The maximum Gasteiger partial charge on any atom is 0.292 e. The van der Waals surface area contributed by atoms with Gasteiger partial charge in [0.15, 0.2) is 52.6 Å². The zero-order valence-electron chi connectivity index (χ0n) is 83.5. The van der Waals surface area contributed by atoms with Crippen LogP contribution >= 0.6 is 0 Å². The van der Waals surface area contributed by atoms with Crippen LogP contribution in [-0.2, 0) is 98.4 Å². The van der Waals surface area contributed by atoms with Crippen molar-refractivity contribution >= 4 is 87.4 Å². The number of hydrogen-bond donors (Lipinski definition) is 15. The van der Waals surface area contributed by atoms with Gasteiger partial charge >= 0.3 is 0 Å². The van der Waals surface area contributed by atoms with E-state index in [1.165, 1.54) is 130 Å². The van der Waals surface area contributed by atoms with E-state index < -0.39 is 123 Å². The van der Waals surface area contributed by atoms with Crippen LogP contribution in [0.5, 0.6) is 0 Å². The lowest BCUT2D eigenvalue weighted by atomic mass is 9.92. The molecule has 5 aromatic heterocycles. The maximum atomic E-state index is 14.0. The lowest BCUT2D eigenvalue weighted by molar-refractivity contribution is -0.129. The molecule has 44 nitrogen and oxygen atoms in total. The first-order valence-corrected chi connectivity index (χ1v) is 46.1. The molecule has 9 aromatic rings. The van der Waals surface area contributed by atoms with Gasteiger partial charge in [-0.2, -0.15) is 15.3 Å². The Morgan fingerprint density at radius 3 is 0.987 bits per heavy atom. The first-order chi connectivity index (χ1) is 71.1. The molecule has 0 aliphatic rings. The monoisotopic (exact) mass is 2090 g/mol. The number of aliphatic hydroxyl groups excluding tert-OH is 1. The Morgan fingerprint density at radius 1 is 0.383 bits per heavy atom. The third-order valence-corrected chi connectivity index (χ3v) is 23.5. The second-order valence-corrected chi connectivity index (χ2v) is 33.7. The molecular formula is C97H116F8N24O20. The summed E-state index contributed by atoms with van der Waals surface area (Å²) in [6.07, 6.45) is 3.72. The minimum Gasteiger partial charge on any atom is -0.387 e. The maximum absolute atomic E-state index is 14.0. The topological polar surface area (TPSA) is 573 Å². The van der Waals surface area contributed by atoms with Crippen molar-refractivity contribution in [3.63, 3.8) is 0 Å². The average molecular weight is 2090 g/mol. The molecule has 1 atom stereocenters. The molecule has 1 unspecified atom stereocenters. The molecule has 4 aromatic carbocycles. The first-order valence-electron chi connectivity index (χ1n) is 46.1. The number of anilines is 4. The number of ether oxygens (including phenoxy) is 8. The summed E-state index contributed by atoms with van der Waals surface area (Å²) in [5.41, 5.74) is 23.9. The summed E-state index contributed by atoms with van der Waals surface area (Å²) >= 11 is 0. The van der Waals surface area contributed by atoms with Gasteiger partial charge in [-0.25, -0.2) is 56.4 Å². The van der Waals surface area contributed by atoms with Crippen LogP contribution in [0.3, 0.4) is 0 Å². The quantitative estimate of drug-likeness (QED) is 0.00555. The Balaban J connectivity index is 0.808. The lowest BCUT2D eigenvalue weighted by Crippen LogP contribution is -2.43. The second-order valence-electron chi connectivity index (χ2n) is 33.7. The average Bonchev–Trinajstić information content (AvgIpc) is 1.64. The number of Topliss-reactive ketones (excluding diaryl/α,β-unsaturated/α-hetero) is 3. The van der Waals surface area contributed by atoms with Gasteiger partial charge in [0, 0.05) is 142 Å². The number of hydrogen-bond acceptors (Lipinski definition) is 31. The lowest BCUT2D eigenvalue weighted by Gasteiger charge is -2.33. The Hall–Kier alpha value is -15.6. The van der Waals surface area contributed by atoms with Crippen molar-refractivity contribution in [1.82, 2.24) is 70.5 Å². The predicted octanol–water partition coefficient (Wildman–Crippen LogP) is 9.07. The molecule has 5 heterocycles. The van der Waals surface area contributed by atoms with Crippen molar-refractivity contribution in [2.24, 2.45) is 48.9 Å². The van der Waals surface area contributed by atoms with Crippen molar-refractivity contribution in [3.05, 3.63) is 257 Å². The van der Waals surface area contributed by atoms with Gasteiger partial charge in [0.2, 0.25) is 0 Å². The van der Waals surface area contributed by atoms with E-state index >= 15 is 0 Å². The van der Waals surface area contributed by atoms with Crippen LogP contribution in [-0.4, -0.2) is 248 Å². The molecule has 8 amide bonds. The normalized spacial score (nSPS) is 12.2. The minimum absolute atomic E-state index is 0.0000588. The van der Waals surface area contributed by atoms with Crippen molar-refractivity contribution in [3.8, 4) is 0 Å². The van der Waals surface area contributed by atoms with Crippen LogP contribution in [0.1, 0.15) is 135 Å². The zero-order valence-corrected chi connectivity index (χ0v) is 83.5. The van der Waals surface area contributed by atoms with Gasteiger partial charge in [-0.05, 0) is 126 Å². The van der Waals surface area contributed by atoms with Gasteiger partial charge in [0.25, 0.3) is 64.6 Å². The van der Waals surface area contributed by atoms with E-state index in [0.717, 1.165) is 66.7 Å². The van der Waals surface area contributed by atoms with Gasteiger partial charge in [-0.15, -0.1) is 5.10 Å². The van der Waals surface area contributed by atoms with Gasteiger partial charge in [0.05, 0.1) is 184 Å². The fourth-order valence-corrected chi connectivity index (χ4v) is 15.5. The molecule has 0 fully saturated rings. The summed E-state index contributed by atoms with van der Waals surface area (Å²) in [6.45, 7) is 11.4. The second kappa shape index (κ2) is 56.4. The van der Waals surface area contributed by atoms with Crippen molar-refractivity contribution in [1.29, 1.82) is 16.6 Å². The van der Waals surface area contributed by atoms with Crippen LogP contribution in [0.15, 0.2) is 130 Å². The fourth-order valence-electron chi connectivity index (χ4n) is 15.5. The number of aromatic nitrogens is 7. The molecule has 0 spiro atoms. The van der Waals surface area contributed by atoms with Crippen LogP contribution in [0.4, 0.5) is 57.9 Å². The number of ketones is 3. The number of benzene rings is 4. The van der Waals surface area contributed by atoms with Gasteiger partial charge in [-0.3, -0.25) is 52.7 Å². The highest BCUT2D eigenvalue weighted by Crippen LogP contribution is 2.32. The molecule has 0 saturated heterocycles. The number of carbonyl (C=O) groups excluding carboxylic acids is 11. The summed E-state index contributed by atoms with van der Waals surface area (Å²) in [4.78, 5) is 148. The highest BCUT2D eigenvalue weighted by Gasteiger charge is 2.37. The molecule has 0 bridgehead atoms. The molecule has 149 heavy (non-hydrogen) atoms. The third-order valence-electron chi connectivity index (χ3n) is 23.5. The number of nitrogens with one attached hydrogen (secondary N) is 14. The van der Waals surface area contributed by atoms with E-state index in [9.17, 15) is 93.0 Å². The van der Waals surface area contributed by atoms with E-state index in [1.54, 1.807) is 6.92 Å². The Kier molecular flexibility index (Phi) is 44.2. The third kappa shape index (κ3) is 32.0. The van der Waals surface area contributed by atoms with Gasteiger partial charge < -0.3 is 120 Å². The largest absolute Gasteiger partial charge is 0.387 e. The molecule has 0 radical (unpaired) electrons. The molecule has 0 aliphatic heterocycles. The van der Waals surface area contributed by atoms with Crippen LogP contribution in [0.2, 0.25) is 0 Å². The molecule has 9 rings (SSSR count).